The monoisotopic (exact) mass is 632 g/mol. The van der Waals surface area contributed by atoms with E-state index < -0.39 is 46.8 Å². The van der Waals surface area contributed by atoms with Gasteiger partial charge in [-0.1, -0.05) is 60.3 Å². The molecule has 0 spiro atoms. The van der Waals surface area contributed by atoms with Crippen LogP contribution >= 0.6 is 11.8 Å². The van der Waals surface area contributed by atoms with Crippen LogP contribution in [0.2, 0.25) is 0 Å². The number of amides is 1. The zero-order valence-corrected chi connectivity index (χ0v) is 23.6. The second-order valence-electron chi connectivity index (χ2n) is 9.89. The van der Waals surface area contributed by atoms with E-state index >= 15 is 0 Å². The van der Waals surface area contributed by atoms with Crippen LogP contribution in [0.15, 0.2) is 78.0 Å². The predicted molar refractivity (Wildman–Crippen MR) is 148 cm³/mol. The molecule has 13 heteroatoms. The minimum atomic E-state index is -2.35. The normalized spacial score (nSPS) is 18.3. The number of hydrogen-bond acceptors (Lipinski definition) is 6. The van der Waals surface area contributed by atoms with Crippen LogP contribution in [0.3, 0.4) is 0 Å². The average molecular weight is 633 g/mol. The molecule has 44 heavy (non-hydrogen) atoms. The molecule has 1 saturated heterocycles. The summed E-state index contributed by atoms with van der Waals surface area (Å²) in [5, 5.41) is 24.2. The maximum Gasteiger partial charge on any atom is 0.257 e. The van der Waals surface area contributed by atoms with Crippen LogP contribution in [0.5, 0.6) is 0 Å². The van der Waals surface area contributed by atoms with Crippen LogP contribution in [-0.4, -0.2) is 22.9 Å². The number of nitrogens with zero attached hydrogens (tertiary/aromatic N) is 1. The number of nitrogens with one attached hydrogen (secondary N) is 1. The van der Waals surface area contributed by atoms with Gasteiger partial charge in [0.1, 0.15) is 5.56 Å². The Balaban J connectivity index is 1.29. The van der Waals surface area contributed by atoms with Gasteiger partial charge in [-0.15, -0.1) is 0 Å². The van der Waals surface area contributed by atoms with Crippen molar-refractivity contribution in [2.75, 3.05) is 5.75 Å². The number of ether oxygens (including phenoxy) is 2. The lowest BCUT2D eigenvalue weighted by atomic mass is 10.0. The number of thioether (sulfide) groups is 1. The van der Waals surface area contributed by atoms with E-state index in [4.69, 9.17) is 9.47 Å². The highest BCUT2D eigenvalue weighted by Gasteiger charge is 2.33. The number of hydrogen-bond donors (Lipinski definition) is 2. The van der Waals surface area contributed by atoms with Gasteiger partial charge in [0.05, 0.1) is 18.8 Å². The van der Waals surface area contributed by atoms with Gasteiger partial charge in [-0.05, 0) is 22.8 Å². The summed E-state index contributed by atoms with van der Waals surface area (Å²) in [6.07, 6.45) is 0.401. The maximum atomic E-state index is 14.0. The van der Waals surface area contributed by atoms with Crippen molar-refractivity contribution in [3.8, 4) is 0 Å². The number of aliphatic hydroxyl groups excluding tert-OH is 1. The predicted octanol–water partition coefficient (Wildman–Crippen LogP) is 5.78. The van der Waals surface area contributed by atoms with Gasteiger partial charge in [0.2, 0.25) is 5.82 Å². The summed E-state index contributed by atoms with van der Waals surface area (Å²) in [6.45, 7) is -0.367. The Hall–Kier alpha value is -4.04. The Kier molecular flexibility index (Phi) is 9.79. The molecule has 2 heterocycles. The molecule has 0 radical (unpaired) electrons. The smallest absolute Gasteiger partial charge is 0.257 e. The molecule has 0 aliphatic carbocycles. The van der Waals surface area contributed by atoms with Crippen molar-refractivity contribution >= 4 is 17.7 Å². The molecule has 230 valence electrons. The number of carbonyl (C=O) groups is 1. The lowest BCUT2D eigenvalue weighted by Crippen LogP contribution is -2.32. The van der Waals surface area contributed by atoms with Crippen molar-refractivity contribution in [1.82, 2.24) is 5.32 Å². The molecule has 1 fully saturated rings. The Morgan fingerprint density at radius 2 is 1.48 bits per heavy atom. The van der Waals surface area contributed by atoms with E-state index in [9.17, 15) is 37.1 Å². The number of aromatic nitrogens is 1. The molecule has 3 unspecified atom stereocenters. The van der Waals surface area contributed by atoms with Crippen molar-refractivity contribution in [1.29, 1.82) is 0 Å². The summed E-state index contributed by atoms with van der Waals surface area (Å²) in [7, 11) is 0. The van der Waals surface area contributed by atoms with Gasteiger partial charge in [0, 0.05) is 36.4 Å². The molecule has 1 aliphatic heterocycles. The maximum absolute atomic E-state index is 14.0. The van der Waals surface area contributed by atoms with Crippen LogP contribution in [0.25, 0.3) is 0 Å². The largest absolute Gasteiger partial charge is 0.618 e. The minimum absolute atomic E-state index is 0.0998. The number of aliphatic hydroxyl groups is 1. The second-order valence-corrected chi connectivity index (χ2v) is 10.9. The first-order chi connectivity index (χ1) is 21.2. The first-order valence-electron chi connectivity index (χ1n) is 13.4. The zero-order valence-electron chi connectivity index (χ0n) is 22.8. The quantitative estimate of drug-likeness (QED) is 0.0608. The Morgan fingerprint density at radius 3 is 2.11 bits per heavy atom. The van der Waals surface area contributed by atoms with Gasteiger partial charge < -0.3 is 25.1 Å². The first-order valence-corrected chi connectivity index (χ1v) is 14.3. The SMILES string of the molecule is O=C(NCc1ccc(C2OC(CSc3cccc[n+]3[O-])CC(c3ccc(CO)cc3)O2)cc1)c1c(F)c(F)c(F)c(F)c1F. The number of carbonyl (C=O) groups excluding carboxylic acids is 1. The number of pyridine rings is 1. The van der Waals surface area contributed by atoms with Crippen LogP contribution in [-0.2, 0) is 22.6 Å². The third-order valence-corrected chi connectivity index (χ3v) is 8.11. The molecular weight excluding hydrogens is 607 g/mol. The Bertz CT molecular complexity index is 1610. The van der Waals surface area contributed by atoms with Crippen molar-refractivity contribution in [2.24, 2.45) is 0 Å². The summed E-state index contributed by atoms with van der Waals surface area (Å²) in [6, 6.07) is 18.9. The van der Waals surface area contributed by atoms with Gasteiger partial charge >= 0.3 is 0 Å². The molecule has 2 N–H and O–H groups in total. The fraction of sp³-hybridized carbons (Fsp3) is 0.226. The fourth-order valence-electron chi connectivity index (χ4n) is 4.59. The van der Waals surface area contributed by atoms with E-state index in [1.54, 1.807) is 54.6 Å². The molecule has 1 amide bonds. The van der Waals surface area contributed by atoms with Crippen LogP contribution < -0.4 is 10.0 Å². The van der Waals surface area contributed by atoms with Crippen molar-refractivity contribution in [3.05, 3.63) is 135 Å². The molecule has 7 nitrogen and oxygen atoms in total. The van der Waals surface area contributed by atoms with E-state index in [2.05, 4.69) is 5.32 Å². The third-order valence-electron chi connectivity index (χ3n) is 6.96. The third kappa shape index (κ3) is 6.86. The standard InChI is InChI=1S/C31H25F5N2O5S/c32-25-24(26(33)28(35)29(36)27(25)34)30(40)37-14-17-4-10-20(11-5-17)31-42-21(16-44-23-3-1-2-12-38(23)41)13-22(43-31)19-8-6-18(15-39)7-9-19/h1-12,21-22,31,39H,13-16H2,(H,37,40). The summed E-state index contributed by atoms with van der Waals surface area (Å²) in [4.78, 5) is 12.3. The second kappa shape index (κ2) is 13.7. The summed E-state index contributed by atoms with van der Waals surface area (Å²) >= 11 is 1.34. The van der Waals surface area contributed by atoms with Crippen LogP contribution in [0.1, 0.15) is 51.4 Å². The molecule has 3 atom stereocenters. The summed E-state index contributed by atoms with van der Waals surface area (Å²) in [5.74, 6) is -12.2. The molecular formula is C31H25F5N2O5S. The highest BCUT2D eigenvalue weighted by Crippen LogP contribution is 2.39. The van der Waals surface area contributed by atoms with E-state index in [0.717, 1.165) is 15.9 Å². The van der Waals surface area contributed by atoms with E-state index in [0.29, 0.717) is 28.3 Å². The molecule has 0 bridgehead atoms. The van der Waals surface area contributed by atoms with Crippen molar-refractivity contribution < 1.29 is 46.1 Å². The lowest BCUT2D eigenvalue weighted by molar-refractivity contribution is -0.645. The van der Waals surface area contributed by atoms with Crippen molar-refractivity contribution in [2.45, 2.75) is 43.1 Å². The molecule has 5 rings (SSSR count). The van der Waals surface area contributed by atoms with Gasteiger partial charge in [-0.2, -0.15) is 4.73 Å². The minimum Gasteiger partial charge on any atom is -0.618 e. The van der Waals surface area contributed by atoms with E-state index in [1.807, 2.05) is 12.1 Å². The Morgan fingerprint density at radius 1 is 0.864 bits per heavy atom. The summed E-state index contributed by atoms with van der Waals surface area (Å²) in [5.41, 5.74) is 1.13. The molecule has 4 aromatic rings. The fourth-order valence-corrected chi connectivity index (χ4v) is 5.53. The van der Waals surface area contributed by atoms with Gasteiger partial charge in [0.15, 0.2) is 35.8 Å². The highest BCUT2D eigenvalue weighted by atomic mass is 32.2. The topological polar surface area (TPSA) is 94.7 Å². The first kappa shape index (κ1) is 31.4. The van der Waals surface area contributed by atoms with E-state index in [-0.39, 0.29) is 25.4 Å². The van der Waals surface area contributed by atoms with Crippen molar-refractivity contribution in [3.63, 3.8) is 0 Å². The molecule has 0 saturated carbocycles. The average Bonchev–Trinajstić information content (AvgIpc) is 3.05. The number of benzene rings is 3. The molecule has 1 aliphatic rings. The lowest BCUT2D eigenvalue weighted by Gasteiger charge is -2.36. The van der Waals surface area contributed by atoms with Gasteiger partial charge in [-0.25, -0.2) is 22.0 Å². The summed E-state index contributed by atoms with van der Waals surface area (Å²) < 4.78 is 81.6. The number of rotatable bonds is 9. The Labute approximate surface area is 252 Å². The zero-order chi connectivity index (χ0) is 31.4. The molecule has 3 aromatic carbocycles. The number of halogens is 5. The van der Waals surface area contributed by atoms with Crippen LogP contribution in [0, 0.1) is 34.3 Å². The van der Waals surface area contributed by atoms with Crippen LogP contribution in [0.4, 0.5) is 22.0 Å². The highest BCUT2D eigenvalue weighted by molar-refractivity contribution is 7.99. The van der Waals surface area contributed by atoms with Gasteiger partial charge in [0.25, 0.3) is 10.9 Å². The van der Waals surface area contributed by atoms with E-state index in [1.165, 1.54) is 18.0 Å². The van der Waals surface area contributed by atoms with Gasteiger partial charge in [-0.3, -0.25) is 4.79 Å². The molecule has 1 aromatic heterocycles.